The molecule has 1 unspecified atom stereocenters. The monoisotopic (exact) mass is 275 g/mol. The Hall–Kier alpha value is -0.470. The van der Waals surface area contributed by atoms with Crippen molar-refractivity contribution in [3.05, 3.63) is 35.9 Å². The maximum atomic E-state index is 3.81. The van der Waals surface area contributed by atoms with Crippen LogP contribution in [0.2, 0.25) is 0 Å². The molecule has 1 aliphatic carbocycles. The van der Waals surface area contributed by atoms with Crippen LogP contribution in [0, 0.1) is 0 Å². The zero-order valence-electron chi connectivity index (χ0n) is 11.7. The Labute approximate surface area is 121 Å². The Morgan fingerprint density at radius 2 is 1.79 bits per heavy atom. The van der Waals surface area contributed by atoms with E-state index in [9.17, 15) is 0 Å². The number of benzene rings is 1. The predicted octanol–water partition coefficient (Wildman–Crippen LogP) is 4.20. The van der Waals surface area contributed by atoms with Crippen LogP contribution in [0.3, 0.4) is 0 Å². The van der Waals surface area contributed by atoms with Gasteiger partial charge in [0.2, 0.25) is 0 Å². The van der Waals surface area contributed by atoms with Crippen molar-refractivity contribution in [3.8, 4) is 0 Å². The van der Waals surface area contributed by atoms with Crippen LogP contribution < -0.4 is 5.32 Å². The number of hydrogen-bond donors (Lipinski definition) is 1. The molecule has 2 heteroatoms. The second-order valence-electron chi connectivity index (χ2n) is 6.00. The van der Waals surface area contributed by atoms with Gasteiger partial charge in [0.15, 0.2) is 0 Å². The molecule has 1 N–H and O–H groups in total. The highest BCUT2D eigenvalue weighted by Gasteiger charge is 2.23. The van der Waals surface area contributed by atoms with Gasteiger partial charge in [-0.3, -0.25) is 0 Å². The van der Waals surface area contributed by atoms with Crippen LogP contribution in [0.1, 0.15) is 50.0 Å². The van der Waals surface area contributed by atoms with Crippen LogP contribution >= 0.6 is 11.8 Å². The van der Waals surface area contributed by atoms with Gasteiger partial charge in [-0.15, -0.1) is 0 Å². The zero-order valence-corrected chi connectivity index (χ0v) is 12.5. The lowest BCUT2D eigenvalue weighted by atomic mass is 9.82. The van der Waals surface area contributed by atoms with Gasteiger partial charge in [0, 0.05) is 17.8 Å². The van der Waals surface area contributed by atoms with Crippen LogP contribution in [-0.4, -0.2) is 23.6 Å². The third kappa shape index (κ3) is 3.76. The summed E-state index contributed by atoms with van der Waals surface area (Å²) in [6, 6.07) is 11.9. The van der Waals surface area contributed by atoms with E-state index < -0.39 is 0 Å². The summed E-state index contributed by atoms with van der Waals surface area (Å²) >= 11 is 2.17. The van der Waals surface area contributed by atoms with Crippen molar-refractivity contribution in [2.24, 2.45) is 0 Å². The summed E-state index contributed by atoms with van der Waals surface area (Å²) in [5.41, 5.74) is 1.55. The van der Waals surface area contributed by atoms with Crippen LogP contribution in [-0.2, 0) is 0 Å². The summed E-state index contributed by atoms with van der Waals surface area (Å²) < 4.78 is 0. The van der Waals surface area contributed by atoms with Gasteiger partial charge in [0.1, 0.15) is 0 Å². The van der Waals surface area contributed by atoms with E-state index in [2.05, 4.69) is 47.4 Å². The molecule has 0 amide bonds. The SMILES string of the molecule is c1ccc(C2CCC(NCC3CCCS3)CC2)cc1. The number of nitrogens with one attached hydrogen (secondary N) is 1. The predicted molar refractivity (Wildman–Crippen MR) is 84.9 cm³/mol. The molecule has 1 aromatic rings. The van der Waals surface area contributed by atoms with Gasteiger partial charge in [-0.2, -0.15) is 11.8 Å². The molecule has 3 rings (SSSR count). The van der Waals surface area contributed by atoms with Crippen LogP contribution in [0.25, 0.3) is 0 Å². The topological polar surface area (TPSA) is 12.0 Å². The molecule has 0 spiro atoms. The molecule has 2 fully saturated rings. The standard InChI is InChI=1S/C17H25NS/c1-2-5-14(6-3-1)15-8-10-16(11-9-15)18-13-17-7-4-12-19-17/h1-3,5-6,15-18H,4,7-13H2. The molecular weight excluding hydrogens is 250 g/mol. The molecule has 1 nitrogen and oxygen atoms in total. The fourth-order valence-corrected chi connectivity index (χ4v) is 4.67. The fourth-order valence-electron chi connectivity index (χ4n) is 3.46. The van der Waals surface area contributed by atoms with Crippen LogP contribution in [0.5, 0.6) is 0 Å². The Morgan fingerprint density at radius 1 is 1.00 bits per heavy atom. The summed E-state index contributed by atoms with van der Waals surface area (Å²) in [6.07, 6.45) is 8.29. The molecule has 1 atom stereocenters. The van der Waals surface area contributed by atoms with Crippen LogP contribution in [0.15, 0.2) is 30.3 Å². The molecule has 19 heavy (non-hydrogen) atoms. The van der Waals surface area contributed by atoms with Gasteiger partial charge in [0.05, 0.1) is 0 Å². The van der Waals surface area contributed by atoms with Gasteiger partial charge in [-0.1, -0.05) is 30.3 Å². The lowest BCUT2D eigenvalue weighted by molar-refractivity contribution is 0.343. The fraction of sp³-hybridized carbons (Fsp3) is 0.647. The first-order chi connectivity index (χ1) is 9.42. The molecule has 0 radical (unpaired) electrons. The minimum atomic E-state index is 0.779. The molecule has 104 valence electrons. The summed E-state index contributed by atoms with van der Waals surface area (Å²) in [6.45, 7) is 1.24. The van der Waals surface area contributed by atoms with Gasteiger partial charge >= 0.3 is 0 Å². The lowest BCUT2D eigenvalue weighted by Gasteiger charge is -2.30. The smallest absolute Gasteiger partial charge is 0.0172 e. The Bertz CT molecular complexity index is 364. The Morgan fingerprint density at radius 3 is 2.47 bits per heavy atom. The summed E-state index contributed by atoms with van der Waals surface area (Å²) in [5.74, 6) is 2.19. The van der Waals surface area contributed by atoms with Crippen molar-refractivity contribution >= 4 is 11.8 Å². The van der Waals surface area contributed by atoms with Gasteiger partial charge in [-0.05, 0) is 55.8 Å². The van der Waals surface area contributed by atoms with Crippen molar-refractivity contribution in [1.29, 1.82) is 0 Å². The maximum absolute atomic E-state index is 3.81. The van der Waals surface area contributed by atoms with Gasteiger partial charge in [0.25, 0.3) is 0 Å². The average molecular weight is 275 g/mol. The largest absolute Gasteiger partial charge is 0.313 e. The Balaban J connectivity index is 1.42. The van der Waals surface area contributed by atoms with Crippen LogP contribution in [0.4, 0.5) is 0 Å². The van der Waals surface area contributed by atoms with E-state index in [0.717, 1.165) is 17.2 Å². The molecule has 1 aliphatic heterocycles. The average Bonchev–Trinajstić information content (AvgIpc) is 3.00. The van der Waals surface area contributed by atoms with Crippen molar-refractivity contribution in [3.63, 3.8) is 0 Å². The summed E-state index contributed by atoms with van der Waals surface area (Å²) in [5, 5.41) is 4.71. The molecule has 2 aliphatic rings. The number of hydrogen-bond acceptors (Lipinski definition) is 2. The first-order valence-corrected chi connectivity index (χ1v) is 8.86. The van der Waals surface area contributed by atoms with E-state index in [0.29, 0.717) is 0 Å². The minimum absolute atomic E-state index is 0.779. The Kier molecular flexibility index (Phi) is 4.84. The molecule has 1 heterocycles. The molecule has 1 saturated carbocycles. The molecule has 0 aromatic heterocycles. The van der Waals surface area contributed by atoms with Crippen molar-refractivity contribution in [2.45, 2.75) is 55.7 Å². The number of thioether (sulfide) groups is 1. The molecule has 1 aromatic carbocycles. The quantitative estimate of drug-likeness (QED) is 0.884. The van der Waals surface area contributed by atoms with Crippen molar-refractivity contribution < 1.29 is 0 Å². The van der Waals surface area contributed by atoms with Gasteiger partial charge < -0.3 is 5.32 Å². The van der Waals surface area contributed by atoms with E-state index in [4.69, 9.17) is 0 Å². The van der Waals surface area contributed by atoms with Crippen molar-refractivity contribution in [2.75, 3.05) is 12.3 Å². The maximum Gasteiger partial charge on any atom is 0.0172 e. The summed E-state index contributed by atoms with van der Waals surface area (Å²) in [7, 11) is 0. The summed E-state index contributed by atoms with van der Waals surface area (Å²) in [4.78, 5) is 0. The lowest BCUT2D eigenvalue weighted by Crippen LogP contribution is -2.36. The highest BCUT2D eigenvalue weighted by atomic mass is 32.2. The van der Waals surface area contributed by atoms with E-state index in [-0.39, 0.29) is 0 Å². The van der Waals surface area contributed by atoms with E-state index >= 15 is 0 Å². The second-order valence-corrected chi connectivity index (χ2v) is 7.41. The van der Waals surface area contributed by atoms with E-state index in [1.54, 1.807) is 5.56 Å². The first-order valence-electron chi connectivity index (χ1n) is 7.82. The highest BCUT2D eigenvalue weighted by molar-refractivity contribution is 8.00. The third-order valence-corrected chi connectivity index (χ3v) is 6.05. The molecule has 1 saturated heterocycles. The minimum Gasteiger partial charge on any atom is -0.313 e. The second kappa shape index (κ2) is 6.81. The number of rotatable bonds is 4. The molecule has 0 bridgehead atoms. The van der Waals surface area contributed by atoms with E-state index in [1.807, 2.05) is 0 Å². The van der Waals surface area contributed by atoms with Gasteiger partial charge in [-0.25, -0.2) is 0 Å². The zero-order chi connectivity index (χ0) is 12.9. The van der Waals surface area contributed by atoms with E-state index in [1.165, 1.54) is 50.8 Å². The third-order valence-electron chi connectivity index (χ3n) is 4.66. The first kappa shape index (κ1) is 13.5. The molecular formula is C17H25NS. The highest BCUT2D eigenvalue weighted by Crippen LogP contribution is 2.33. The van der Waals surface area contributed by atoms with Crippen molar-refractivity contribution in [1.82, 2.24) is 5.32 Å². The normalized spacial score (nSPS) is 31.5.